The Bertz CT molecular complexity index is 511. The third kappa shape index (κ3) is 3.50. The first-order chi connectivity index (χ1) is 8.78. The highest BCUT2D eigenvalue weighted by Crippen LogP contribution is 2.13. The van der Waals surface area contributed by atoms with Gasteiger partial charge in [-0.25, -0.2) is 0 Å². The first-order valence-corrected chi connectivity index (χ1v) is 5.89. The topological polar surface area (TPSA) is 41.5 Å². The van der Waals surface area contributed by atoms with Crippen molar-refractivity contribution in [1.29, 1.82) is 0 Å². The zero-order chi connectivity index (χ0) is 12.8. The van der Waals surface area contributed by atoms with Gasteiger partial charge in [-0.3, -0.25) is 0 Å². The Morgan fingerprint density at radius 3 is 2.33 bits per heavy atom. The average molecular weight is 243 g/mol. The lowest BCUT2D eigenvalue weighted by Crippen LogP contribution is -2.12. The Morgan fingerprint density at radius 2 is 1.67 bits per heavy atom. The van der Waals surface area contributed by atoms with Crippen LogP contribution < -0.4 is 10.1 Å². The number of aromatic hydroxyl groups is 1. The third-order valence-electron chi connectivity index (χ3n) is 2.70. The number of methoxy groups -OCH3 is 1. The SMILES string of the molecule is COc1cccc(CNCc2cccc(O)c2)c1. The predicted octanol–water partition coefficient (Wildman–Crippen LogP) is 2.69. The van der Waals surface area contributed by atoms with Crippen molar-refractivity contribution < 1.29 is 9.84 Å². The maximum atomic E-state index is 9.35. The van der Waals surface area contributed by atoms with Gasteiger partial charge in [0.1, 0.15) is 11.5 Å². The molecule has 2 N–H and O–H groups in total. The Morgan fingerprint density at radius 1 is 1.00 bits per heavy atom. The molecule has 3 heteroatoms. The molecule has 0 saturated heterocycles. The minimum atomic E-state index is 0.302. The number of rotatable bonds is 5. The number of phenols is 1. The zero-order valence-electron chi connectivity index (χ0n) is 10.4. The van der Waals surface area contributed by atoms with Gasteiger partial charge in [0.2, 0.25) is 0 Å². The summed E-state index contributed by atoms with van der Waals surface area (Å²) in [7, 11) is 1.67. The molecule has 0 fully saturated rings. The van der Waals surface area contributed by atoms with Crippen LogP contribution in [0.2, 0.25) is 0 Å². The largest absolute Gasteiger partial charge is 0.508 e. The summed E-state index contributed by atoms with van der Waals surface area (Å²) >= 11 is 0. The van der Waals surface area contributed by atoms with Crippen LogP contribution >= 0.6 is 0 Å². The number of ether oxygens (including phenoxy) is 1. The monoisotopic (exact) mass is 243 g/mol. The maximum absolute atomic E-state index is 9.35. The molecule has 18 heavy (non-hydrogen) atoms. The number of nitrogens with one attached hydrogen (secondary N) is 1. The minimum Gasteiger partial charge on any atom is -0.508 e. The van der Waals surface area contributed by atoms with Crippen LogP contribution in [0.25, 0.3) is 0 Å². The van der Waals surface area contributed by atoms with Gasteiger partial charge in [-0.2, -0.15) is 0 Å². The quantitative estimate of drug-likeness (QED) is 0.848. The van der Waals surface area contributed by atoms with Crippen LogP contribution in [0.5, 0.6) is 11.5 Å². The van der Waals surface area contributed by atoms with Gasteiger partial charge in [-0.15, -0.1) is 0 Å². The molecule has 0 radical (unpaired) electrons. The van der Waals surface area contributed by atoms with Crippen molar-refractivity contribution in [2.75, 3.05) is 7.11 Å². The van der Waals surface area contributed by atoms with Crippen molar-refractivity contribution in [3.8, 4) is 11.5 Å². The summed E-state index contributed by atoms with van der Waals surface area (Å²) in [5.74, 6) is 1.17. The summed E-state index contributed by atoms with van der Waals surface area (Å²) in [6.45, 7) is 1.50. The van der Waals surface area contributed by atoms with E-state index in [9.17, 15) is 5.11 Å². The van der Waals surface area contributed by atoms with Gasteiger partial charge in [-0.1, -0.05) is 24.3 Å². The van der Waals surface area contributed by atoms with Crippen LogP contribution in [0.1, 0.15) is 11.1 Å². The molecule has 0 unspecified atom stereocenters. The van der Waals surface area contributed by atoms with Crippen LogP contribution in [-0.2, 0) is 13.1 Å². The van der Waals surface area contributed by atoms with Crippen LogP contribution in [-0.4, -0.2) is 12.2 Å². The van der Waals surface area contributed by atoms with Crippen molar-refractivity contribution >= 4 is 0 Å². The van der Waals surface area contributed by atoms with Crippen molar-refractivity contribution in [1.82, 2.24) is 5.32 Å². The molecular weight excluding hydrogens is 226 g/mol. The molecule has 0 heterocycles. The van der Waals surface area contributed by atoms with Gasteiger partial charge in [0.05, 0.1) is 7.11 Å². The Balaban J connectivity index is 1.88. The number of benzene rings is 2. The van der Waals surface area contributed by atoms with Gasteiger partial charge >= 0.3 is 0 Å². The summed E-state index contributed by atoms with van der Waals surface area (Å²) < 4.78 is 5.17. The molecule has 94 valence electrons. The molecule has 0 amide bonds. The number of hydrogen-bond acceptors (Lipinski definition) is 3. The summed E-state index contributed by atoms with van der Waals surface area (Å²) in [5, 5.41) is 12.7. The molecule has 3 nitrogen and oxygen atoms in total. The molecular formula is C15H17NO2. The number of hydrogen-bond donors (Lipinski definition) is 2. The van der Waals surface area contributed by atoms with Crippen LogP contribution in [0, 0.1) is 0 Å². The van der Waals surface area contributed by atoms with Crippen LogP contribution in [0.4, 0.5) is 0 Å². The van der Waals surface area contributed by atoms with Gasteiger partial charge in [0, 0.05) is 13.1 Å². The highest BCUT2D eigenvalue weighted by Gasteiger charge is 1.97. The van der Waals surface area contributed by atoms with Crippen molar-refractivity contribution in [3.63, 3.8) is 0 Å². The van der Waals surface area contributed by atoms with E-state index in [2.05, 4.69) is 11.4 Å². The van der Waals surface area contributed by atoms with E-state index in [1.807, 2.05) is 30.3 Å². The molecule has 0 aromatic heterocycles. The van der Waals surface area contributed by atoms with Crippen molar-refractivity contribution in [2.24, 2.45) is 0 Å². The first kappa shape index (κ1) is 12.5. The van der Waals surface area contributed by atoms with Gasteiger partial charge in [0.25, 0.3) is 0 Å². The lowest BCUT2D eigenvalue weighted by Gasteiger charge is -2.07. The molecule has 2 rings (SSSR count). The highest BCUT2D eigenvalue weighted by atomic mass is 16.5. The lowest BCUT2D eigenvalue weighted by molar-refractivity contribution is 0.414. The van der Waals surface area contributed by atoms with E-state index in [1.165, 1.54) is 5.56 Å². The minimum absolute atomic E-state index is 0.302. The van der Waals surface area contributed by atoms with Crippen LogP contribution in [0.15, 0.2) is 48.5 Å². The third-order valence-corrected chi connectivity index (χ3v) is 2.70. The summed E-state index contributed by atoms with van der Waals surface area (Å²) in [6.07, 6.45) is 0. The Labute approximate surface area is 107 Å². The molecule has 0 saturated carbocycles. The van der Waals surface area contributed by atoms with E-state index in [4.69, 9.17) is 4.74 Å². The van der Waals surface area contributed by atoms with E-state index >= 15 is 0 Å². The summed E-state index contributed by atoms with van der Waals surface area (Å²) in [5.41, 5.74) is 2.24. The smallest absolute Gasteiger partial charge is 0.119 e. The second-order valence-electron chi connectivity index (χ2n) is 4.12. The molecule has 0 spiro atoms. The van der Waals surface area contributed by atoms with E-state index in [0.29, 0.717) is 5.75 Å². The fraction of sp³-hybridized carbons (Fsp3) is 0.200. The molecule has 2 aromatic rings. The van der Waals surface area contributed by atoms with Crippen molar-refractivity contribution in [3.05, 3.63) is 59.7 Å². The van der Waals surface area contributed by atoms with E-state index in [-0.39, 0.29) is 0 Å². The maximum Gasteiger partial charge on any atom is 0.119 e. The normalized spacial score (nSPS) is 10.3. The lowest BCUT2D eigenvalue weighted by atomic mass is 10.2. The molecule has 0 aliphatic rings. The highest BCUT2D eigenvalue weighted by molar-refractivity contribution is 5.29. The Hall–Kier alpha value is -2.00. The van der Waals surface area contributed by atoms with Crippen LogP contribution in [0.3, 0.4) is 0 Å². The van der Waals surface area contributed by atoms with Crippen molar-refractivity contribution in [2.45, 2.75) is 13.1 Å². The molecule has 0 aliphatic heterocycles. The fourth-order valence-corrected chi connectivity index (χ4v) is 1.80. The van der Waals surface area contributed by atoms with Gasteiger partial charge < -0.3 is 15.2 Å². The zero-order valence-corrected chi connectivity index (χ0v) is 10.4. The summed E-state index contributed by atoms with van der Waals surface area (Å²) in [4.78, 5) is 0. The Kier molecular flexibility index (Phi) is 4.20. The molecule has 2 aromatic carbocycles. The van der Waals surface area contributed by atoms with Gasteiger partial charge in [0.15, 0.2) is 0 Å². The average Bonchev–Trinajstić information content (AvgIpc) is 2.39. The summed E-state index contributed by atoms with van der Waals surface area (Å²) in [6, 6.07) is 15.2. The molecule has 0 aliphatic carbocycles. The fourth-order valence-electron chi connectivity index (χ4n) is 1.80. The predicted molar refractivity (Wildman–Crippen MR) is 71.6 cm³/mol. The second kappa shape index (κ2) is 6.07. The molecule has 0 atom stereocenters. The van der Waals surface area contributed by atoms with E-state index < -0.39 is 0 Å². The van der Waals surface area contributed by atoms with E-state index in [1.54, 1.807) is 19.2 Å². The standard InChI is InChI=1S/C15H17NO2/c1-18-15-7-3-5-13(9-15)11-16-10-12-4-2-6-14(17)8-12/h2-9,16-17H,10-11H2,1H3. The second-order valence-corrected chi connectivity index (χ2v) is 4.12. The first-order valence-electron chi connectivity index (χ1n) is 5.89. The van der Waals surface area contributed by atoms with E-state index in [0.717, 1.165) is 24.4 Å². The number of phenolic OH excluding ortho intramolecular Hbond substituents is 1. The van der Waals surface area contributed by atoms with Gasteiger partial charge in [-0.05, 0) is 35.4 Å². The molecule has 0 bridgehead atoms.